The lowest BCUT2D eigenvalue weighted by Gasteiger charge is -2.12. The molecule has 0 spiro atoms. The van der Waals surface area contributed by atoms with Crippen LogP contribution >= 0.6 is 0 Å². The molecule has 16 heavy (non-hydrogen) atoms. The van der Waals surface area contributed by atoms with Crippen LogP contribution in [0.3, 0.4) is 0 Å². The third-order valence-corrected chi connectivity index (χ3v) is 2.77. The van der Waals surface area contributed by atoms with Crippen LogP contribution in [0.4, 0.5) is 0 Å². The Morgan fingerprint density at radius 3 is 2.94 bits per heavy atom. The minimum absolute atomic E-state index is 0.0866. The molecule has 5 heteroatoms. The normalized spacial score (nSPS) is 16.8. The number of carbonyl (C=O) groups is 1. The molecule has 1 aliphatic rings. The lowest BCUT2D eigenvalue weighted by atomic mass is 10.4. The van der Waals surface area contributed by atoms with E-state index in [0.717, 1.165) is 26.1 Å². The van der Waals surface area contributed by atoms with Gasteiger partial charge in [0.15, 0.2) is 5.89 Å². The zero-order valence-electron chi connectivity index (χ0n) is 9.19. The molecule has 0 bridgehead atoms. The summed E-state index contributed by atoms with van der Waals surface area (Å²) in [6.07, 6.45) is 4.73. The van der Waals surface area contributed by atoms with E-state index in [9.17, 15) is 4.79 Å². The van der Waals surface area contributed by atoms with Crippen molar-refractivity contribution in [2.75, 3.05) is 19.6 Å². The van der Waals surface area contributed by atoms with Crippen molar-refractivity contribution in [2.24, 2.45) is 0 Å². The zero-order valence-corrected chi connectivity index (χ0v) is 9.19. The number of aromatic nitrogens is 1. The Morgan fingerprint density at radius 2 is 2.25 bits per heavy atom. The van der Waals surface area contributed by atoms with E-state index in [1.807, 2.05) is 0 Å². The van der Waals surface area contributed by atoms with Gasteiger partial charge in [-0.3, -0.25) is 4.79 Å². The second-order valence-electron chi connectivity index (χ2n) is 4.09. The lowest BCUT2D eigenvalue weighted by Crippen LogP contribution is -2.21. The second kappa shape index (κ2) is 5.12. The van der Waals surface area contributed by atoms with E-state index in [1.165, 1.54) is 19.0 Å². The zero-order chi connectivity index (χ0) is 11.4. The van der Waals surface area contributed by atoms with Gasteiger partial charge < -0.3 is 14.4 Å². The minimum Gasteiger partial charge on any atom is -0.481 e. The number of oxazole rings is 1. The van der Waals surface area contributed by atoms with E-state index in [-0.39, 0.29) is 6.42 Å². The Balaban J connectivity index is 1.80. The molecule has 1 aromatic heterocycles. The number of hydrogen-bond donors (Lipinski definition) is 1. The van der Waals surface area contributed by atoms with Crippen molar-refractivity contribution >= 4 is 5.97 Å². The monoisotopic (exact) mass is 224 g/mol. The van der Waals surface area contributed by atoms with Gasteiger partial charge in [0.05, 0.1) is 6.20 Å². The van der Waals surface area contributed by atoms with Crippen LogP contribution in [0.5, 0.6) is 0 Å². The number of hydrogen-bond acceptors (Lipinski definition) is 4. The summed E-state index contributed by atoms with van der Waals surface area (Å²) in [6.45, 7) is 3.26. The number of carboxylic acids is 1. The average molecular weight is 224 g/mol. The predicted octanol–water partition coefficient (Wildman–Crippen LogP) is 0.940. The largest absolute Gasteiger partial charge is 0.481 e. The SMILES string of the molecule is O=C(O)Cc1cnc(CCN2CCCC2)o1. The van der Waals surface area contributed by atoms with Crippen LogP contribution in [-0.4, -0.2) is 40.6 Å². The Bertz CT molecular complexity index is 356. The van der Waals surface area contributed by atoms with Crippen molar-refractivity contribution in [3.8, 4) is 0 Å². The van der Waals surface area contributed by atoms with Crippen molar-refractivity contribution < 1.29 is 14.3 Å². The molecular weight excluding hydrogens is 208 g/mol. The van der Waals surface area contributed by atoms with Gasteiger partial charge in [0.2, 0.25) is 0 Å². The standard InChI is InChI=1S/C11H16N2O3/c14-11(15)7-9-8-12-10(16-9)3-6-13-4-1-2-5-13/h8H,1-7H2,(H,14,15). The maximum absolute atomic E-state index is 10.4. The molecule has 2 rings (SSSR count). The summed E-state index contributed by atoms with van der Waals surface area (Å²) in [5.41, 5.74) is 0. The molecule has 0 aliphatic carbocycles. The smallest absolute Gasteiger partial charge is 0.311 e. The summed E-state index contributed by atoms with van der Waals surface area (Å²) in [5.74, 6) is 0.189. The van der Waals surface area contributed by atoms with Gasteiger partial charge in [-0.1, -0.05) is 0 Å². The maximum Gasteiger partial charge on any atom is 0.311 e. The highest BCUT2D eigenvalue weighted by Gasteiger charge is 2.13. The van der Waals surface area contributed by atoms with Crippen LogP contribution in [-0.2, 0) is 17.6 Å². The minimum atomic E-state index is -0.887. The maximum atomic E-state index is 10.4. The molecule has 2 heterocycles. The summed E-state index contributed by atoms with van der Waals surface area (Å²) >= 11 is 0. The van der Waals surface area contributed by atoms with Crippen molar-refractivity contribution in [1.29, 1.82) is 0 Å². The molecule has 5 nitrogen and oxygen atoms in total. The van der Waals surface area contributed by atoms with Gasteiger partial charge >= 0.3 is 5.97 Å². The lowest BCUT2D eigenvalue weighted by molar-refractivity contribution is -0.136. The summed E-state index contributed by atoms with van der Waals surface area (Å²) in [6, 6.07) is 0. The van der Waals surface area contributed by atoms with Gasteiger partial charge in [0.25, 0.3) is 0 Å². The van der Waals surface area contributed by atoms with Crippen molar-refractivity contribution in [3.05, 3.63) is 17.8 Å². The fraction of sp³-hybridized carbons (Fsp3) is 0.636. The third-order valence-electron chi connectivity index (χ3n) is 2.77. The predicted molar refractivity (Wildman–Crippen MR) is 57.2 cm³/mol. The molecule has 1 N–H and O–H groups in total. The van der Waals surface area contributed by atoms with Crippen LogP contribution in [0.2, 0.25) is 0 Å². The summed E-state index contributed by atoms with van der Waals surface area (Å²) in [7, 11) is 0. The molecule has 1 fully saturated rings. The van der Waals surface area contributed by atoms with Crippen molar-refractivity contribution in [3.63, 3.8) is 0 Å². The highest BCUT2D eigenvalue weighted by atomic mass is 16.4. The quantitative estimate of drug-likeness (QED) is 0.806. The molecule has 0 atom stereocenters. The molecule has 0 amide bonds. The van der Waals surface area contributed by atoms with Crippen molar-refractivity contribution in [1.82, 2.24) is 9.88 Å². The molecule has 0 saturated carbocycles. The summed E-state index contributed by atoms with van der Waals surface area (Å²) in [5, 5.41) is 8.58. The summed E-state index contributed by atoms with van der Waals surface area (Å²) in [4.78, 5) is 16.9. The van der Waals surface area contributed by atoms with Gasteiger partial charge in [-0.2, -0.15) is 0 Å². The van der Waals surface area contributed by atoms with E-state index in [4.69, 9.17) is 9.52 Å². The number of likely N-dealkylation sites (tertiary alicyclic amines) is 1. The first kappa shape index (κ1) is 11.1. The van der Waals surface area contributed by atoms with Gasteiger partial charge in [0.1, 0.15) is 12.2 Å². The first-order valence-corrected chi connectivity index (χ1v) is 5.62. The van der Waals surface area contributed by atoms with Gasteiger partial charge in [-0.25, -0.2) is 4.98 Å². The fourth-order valence-corrected chi connectivity index (χ4v) is 1.95. The first-order chi connectivity index (χ1) is 7.74. The molecule has 88 valence electrons. The number of rotatable bonds is 5. The van der Waals surface area contributed by atoms with E-state index in [1.54, 1.807) is 0 Å². The average Bonchev–Trinajstić information content (AvgIpc) is 2.84. The van der Waals surface area contributed by atoms with Crippen LogP contribution < -0.4 is 0 Å². The van der Waals surface area contributed by atoms with Gasteiger partial charge in [-0.15, -0.1) is 0 Å². The van der Waals surface area contributed by atoms with Crippen LogP contribution in [0.25, 0.3) is 0 Å². The molecule has 0 radical (unpaired) electrons. The molecule has 1 saturated heterocycles. The fourth-order valence-electron chi connectivity index (χ4n) is 1.95. The Kier molecular flexibility index (Phi) is 3.56. The van der Waals surface area contributed by atoms with Crippen LogP contribution in [0.1, 0.15) is 24.5 Å². The molecule has 0 aromatic carbocycles. The van der Waals surface area contributed by atoms with E-state index in [0.29, 0.717) is 11.7 Å². The molecule has 1 aliphatic heterocycles. The highest BCUT2D eigenvalue weighted by molar-refractivity contribution is 5.69. The molecule has 0 unspecified atom stereocenters. The Morgan fingerprint density at radius 1 is 1.50 bits per heavy atom. The van der Waals surface area contributed by atoms with Crippen molar-refractivity contribution in [2.45, 2.75) is 25.7 Å². The van der Waals surface area contributed by atoms with E-state index in [2.05, 4.69) is 9.88 Å². The second-order valence-corrected chi connectivity index (χ2v) is 4.09. The van der Waals surface area contributed by atoms with Gasteiger partial charge in [0, 0.05) is 13.0 Å². The van der Waals surface area contributed by atoms with Gasteiger partial charge in [-0.05, 0) is 25.9 Å². The third kappa shape index (κ3) is 3.06. The first-order valence-electron chi connectivity index (χ1n) is 5.62. The van der Waals surface area contributed by atoms with E-state index >= 15 is 0 Å². The Hall–Kier alpha value is -1.36. The van der Waals surface area contributed by atoms with Crippen LogP contribution in [0.15, 0.2) is 10.6 Å². The molecule has 1 aromatic rings. The topological polar surface area (TPSA) is 66.6 Å². The van der Waals surface area contributed by atoms with E-state index < -0.39 is 5.97 Å². The van der Waals surface area contributed by atoms with Crippen LogP contribution in [0, 0.1) is 0 Å². The Labute approximate surface area is 94.1 Å². The molecular formula is C11H16N2O3. The number of aliphatic carboxylic acids is 1. The highest BCUT2D eigenvalue weighted by Crippen LogP contribution is 2.10. The number of carboxylic acid groups (broad SMARTS) is 1. The summed E-state index contributed by atoms with van der Waals surface area (Å²) < 4.78 is 5.34. The number of nitrogens with zero attached hydrogens (tertiary/aromatic N) is 2.